The summed E-state index contributed by atoms with van der Waals surface area (Å²) in [5.74, 6) is 3.09. The van der Waals surface area contributed by atoms with Crippen LogP contribution in [0.3, 0.4) is 0 Å². The summed E-state index contributed by atoms with van der Waals surface area (Å²) in [5.41, 5.74) is 2.93. The molecule has 0 atom stereocenters. The van der Waals surface area contributed by atoms with E-state index in [0.29, 0.717) is 18.1 Å². The van der Waals surface area contributed by atoms with E-state index in [1.807, 2.05) is 18.2 Å². The summed E-state index contributed by atoms with van der Waals surface area (Å²) in [5, 5.41) is 0. The second-order valence-electron chi connectivity index (χ2n) is 8.74. The third kappa shape index (κ3) is 9.22. The molecule has 0 amide bonds. The molecule has 2 aromatic rings. The number of hydrogen-bond acceptors (Lipinski definition) is 6. The van der Waals surface area contributed by atoms with E-state index < -0.39 is 0 Å². The predicted octanol–water partition coefficient (Wildman–Crippen LogP) is 5.04. The number of nitrogens with zero attached hydrogens (tertiary/aromatic N) is 1. The van der Waals surface area contributed by atoms with Crippen LogP contribution in [0.4, 0.5) is 0 Å². The van der Waals surface area contributed by atoms with Gasteiger partial charge < -0.3 is 23.8 Å². The Balaban J connectivity index is 0.00000612. The molecule has 7 heteroatoms. The molecule has 0 fully saturated rings. The van der Waals surface area contributed by atoms with Gasteiger partial charge in [0.1, 0.15) is 18.1 Å². The maximum atomic E-state index is 12.2. The zero-order valence-electron chi connectivity index (χ0n) is 21.9. The maximum Gasteiger partial charge on any atom is 0.338 e. The number of esters is 1. The van der Waals surface area contributed by atoms with Crippen molar-refractivity contribution in [1.82, 2.24) is 4.90 Å². The van der Waals surface area contributed by atoms with Crippen LogP contribution in [0.5, 0.6) is 11.5 Å². The van der Waals surface area contributed by atoms with Crippen LogP contribution in [0.1, 0.15) is 48.2 Å². The van der Waals surface area contributed by atoms with Gasteiger partial charge in [-0.15, -0.1) is 6.07 Å². The van der Waals surface area contributed by atoms with Crippen molar-refractivity contribution < 1.29 is 23.7 Å². The molecule has 0 bridgehead atoms. The molecule has 0 unspecified atom stereocenters. The topological polar surface area (TPSA) is 57.2 Å². The largest absolute Gasteiger partial charge is 0.506 e. The number of methoxy groups -OCH3 is 3. The summed E-state index contributed by atoms with van der Waals surface area (Å²) < 4.78 is 21.0. The van der Waals surface area contributed by atoms with Gasteiger partial charge in [-0.3, -0.25) is 0 Å². The fourth-order valence-electron chi connectivity index (χ4n) is 3.93. The number of hydrogen-bond donors (Lipinski definition) is 0. The van der Waals surface area contributed by atoms with Crippen LogP contribution in [0, 0.1) is 11.8 Å². The molecule has 0 heterocycles. The zero-order valence-corrected chi connectivity index (χ0v) is 24.9. The van der Waals surface area contributed by atoms with E-state index in [1.165, 1.54) is 11.5 Å². The third-order valence-electron chi connectivity index (χ3n) is 5.90. The molecule has 6 nitrogen and oxygen atoms in total. The first-order valence-electron chi connectivity index (χ1n) is 11.9. The Morgan fingerprint density at radius 3 is 2.37 bits per heavy atom. The second-order valence-corrected chi connectivity index (χ2v) is 8.74. The van der Waals surface area contributed by atoms with Crippen molar-refractivity contribution in [3.05, 3.63) is 65.1 Å². The van der Waals surface area contributed by atoms with Crippen molar-refractivity contribution in [3.63, 3.8) is 0 Å². The van der Waals surface area contributed by atoms with Crippen LogP contribution in [0.15, 0.2) is 42.5 Å². The quantitative estimate of drug-likeness (QED) is 0.146. The van der Waals surface area contributed by atoms with Crippen LogP contribution >= 0.6 is 0 Å². The number of carbonyl (C=O) groups is 1. The first-order valence-corrected chi connectivity index (χ1v) is 11.9. The number of benzene rings is 2. The van der Waals surface area contributed by atoms with Crippen molar-refractivity contribution in [2.45, 2.75) is 33.1 Å². The standard InChI is InChI=1S/C28H40NO5.Cm/c1-21(2)25(23-12-13-26(32-5)27(20-23)33-6)11-8-15-29(3)16-14-22-9-7-10-24(19-22)28(30)34-18-17-31-4;/h7,9-10,12-13,19-21H,8,11,14-18H2,1-6H3;/q-1;. The first kappa shape index (κ1) is 29.3. The van der Waals surface area contributed by atoms with Gasteiger partial charge in [-0.1, -0.05) is 44.4 Å². The van der Waals surface area contributed by atoms with E-state index in [9.17, 15) is 4.79 Å². The van der Waals surface area contributed by atoms with Gasteiger partial charge in [-0.25, -0.2) is 4.79 Å². The molecule has 2 rings (SSSR count). The Kier molecular flexibility index (Phi) is 12.8. The van der Waals surface area contributed by atoms with Crippen molar-refractivity contribution in [2.75, 3.05) is 54.7 Å². The minimum atomic E-state index is -0.306. The molecule has 0 saturated carbocycles. The average Bonchev–Trinajstić information content (AvgIpc) is 2.85. The van der Waals surface area contributed by atoms with Crippen molar-refractivity contribution in [3.8, 4) is 11.5 Å². The van der Waals surface area contributed by atoms with Crippen molar-refractivity contribution in [1.29, 1.82) is 0 Å². The molecule has 0 aliphatic rings. The Labute approximate surface area is 205 Å². The van der Waals surface area contributed by atoms with E-state index >= 15 is 0 Å². The minimum Gasteiger partial charge on any atom is -0.506 e. The molecule has 0 N–H and O–H groups in total. The minimum absolute atomic E-state index is 0. The first-order chi connectivity index (χ1) is 16.4. The Hall–Kier alpha value is -3.70. The molecule has 35 heavy (non-hydrogen) atoms. The van der Waals surface area contributed by atoms with Crippen molar-refractivity contribution in [2.24, 2.45) is 5.92 Å². The van der Waals surface area contributed by atoms with E-state index in [0.717, 1.165) is 49.4 Å². The maximum absolute atomic E-state index is 12.2. The second kappa shape index (κ2) is 15.3. The smallest absolute Gasteiger partial charge is 0.338 e. The van der Waals surface area contributed by atoms with Gasteiger partial charge in [0.15, 0.2) is 0 Å². The van der Waals surface area contributed by atoms with E-state index in [1.54, 1.807) is 27.4 Å². The van der Waals surface area contributed by atoms with Gasteiger partial charge in [-0.05, 0) is 44.1 Å². The van der Waals surface area contributed by atoms with Crippen LogP contribution in [-0.2, 0) is 15.9 Å². The van der Waals surface area contributed by atoms with Crippen molar-refractivity contribution >= 4 is 5.97 Å². The summed E-state index contributed by atoms with van der Waals surface area (Å²) in [7, 11) is 7.06. The molecular formula is C28H40CmNO5-. The fraction of sp³-hybridized carbons (Fsp3) is 0.500. The van der Waals surface area contributed by atoms with Crippen LogP contribution in [-0.4, -0.2) is 65.5 Å². The average molecular weight is 718 g/mol. The SMILES string of the molecule is COCCOC(=O)c1cccc(CCN(C)CCC[C-](c2ccc(OC)c(OC)c2)C(C)C)c1.[Cm]. The molecule has 0 radical (unpaired) electrons. The van der Waals surface area contributed by atoms with Gasteiger partial charge in [-0.2, -0.15) is 17.5 Å². The third-order valence-corrected chi connectivity index (χ3v) is 5.90. The van der Waals surface area contributed by atoms with Crippen LogP contribution in [0.25, 0.3) is 0 Å². The molecule has 196 valence electrons. The summed E-state index contributed by atoms with van der Waals surface area (Å²) in [6, 6.07) is 13.9. The van der Waals surface area contributed by atoms with E-state index in [2.05, 4.69) is 44.0 Å². The van der Waals surface area contributed by atoms with Gasteiger partial charge in [0.05, 0.1) is 26.4 Å². The zero-order chi connectivity index (χ0) is 24.9. The van der Waals surface area contributed by atoms with Gasteiger partial charge >= 0.3 is 5.97 Å². The van der Waals surface area contributed by atoms with Gasteiger partial charge in [0.25, 0.3) is 0 Å². The monoisotopic (exact) mass is 713 g/mol. The number of ether oxygens (including phenoxy) is 4. The fourth-order valence-corrected chi connectivity index (χ4v) is 3.93. The predicted molar refractivity (Wildman–Crippen MR) is 136 cm³/mol. The van der Waals surface area contributed by atoms with Crippen LogP contribution < -0.4 is 9.47 Å². The Morgan fingerprint density at radius 1 is 0.971 bits per heavy atom. The summed E-state index contributed by atoms with van der Waals surface area (Å²) in [6.45, 7) is 7.07. The van der Waals surface area contributed by atoms with E-state index in [4.69, 9.17) is 18.9 Å². The molecule has 2 aromatic carbocycles. The van der Waals surface area contributed by atoms with Crippen LogP contribution in [0.2, 0.25) is 0 Å². The molecule has 0 saturated heterocycles. The summed E-state index contributed by atoms with van der Waals surface area (Å²) in [4.78, 5) is 14.5. The Morgan fingerprint density at radius 2 is 1.71 bits per heavy atom. The summed E-state index contributed by atoms with van der Waals surface area (Å²) in [6.07, 6.45) is 2.98. The summed E-state index contributed by atoms with van der Waals surface area (Å²) >= 11 is 0. The van der Waals surface area contributed by atoms with Gasteiger partial charge in [0, 0.05) is 13.7 Å². The van der Waals surface area contributed by atoms with E-state index in [-0.39, 0.29) is 12.6 Å². The molecule has 0 aliphatic carbocycles. The Bertz CT molecular complexity index is 889. The molecule has 0 aliphatic heterocycles. The number of likely N-dealkylation sites (N-methyl/N-ethyl adjacent to an activating group) is 1. The molecular weight excluding hydrogens is 677 g/mol. The number of rotatable bonds is 15. The normalized spacial score (nSPS) is 10.7. The number of carbonyl (C=O) groups excluding carboxylic acids is 1. The molecule has 0 aromatic heterocycles. The van der Waals surface area contributed by atoms with Gasteiger partial charge in [0.2, 0.25) is 0 Å². The molecule has 0 spiro atoms.